The molecule has 0 radical (unpaired) electrons. The van der Waals surface area contributed by atoms with Gasteiger partial charge in [-0.25, -0.2) is 9.78 Å². The molecule has 0 aliphatic rings. The van der Waals surface area contributed by atoms with Gasteiger partial charge in [0, 0.05) is 5.92 Å². The van der Waals surface area contributed by atoms with Crippen LogP contribution in [0.1, 0.15) is 20.8 Å². The molecule has 0 aliphatic heterocycles. The second kappa shape index (κ2) is 7.60. The SMILES string of the molecule is CCOC(=O)[C@@](N)(OCn1cnc2c(=O)[nH]c(N)nc21)C(C)C.Cl. The van der Waals surface area contributed by atoms with Crippen molar-refractivity contribution < 1.29 is 14.3 Å². The number of imidazole rings is 1. The summed E-state index contributed by atoms with van der Waals surface area (Å²) < 4.78 is 12.0. The van der Waals surface area contributed by atoms with Gasteiger partial charge >= 0.3 is 5.97 Å². The van der Waals surface area contributed by atoms with E-state index in [9.17, 15) is 9.59 Å². The molecule has 11 heteroatoms. The predicted molar refractivity (Wildman–Crippen MR) is 89.3 cm³/mol. The number of anilines is 1. The van der Waals surface area contributed by atoms with Crippen molar-refractivity contribution in [3.63, 3.8) is 0 Å². The minimum atomic E-state index is -1.63. The van der Waals surface area contributed by atoms with Crippen LogP contribution in [-0.2, 0) is 21.0 Å². The lowest BCUT2D eigenvalue weighted by Gasteiger charge is -2.30. The molecule has 0 aliphatic carbocycles. The third-order valence-electron chi connectivity index (χ3n) is 3.39. The Kier molecular flexibility index (Phi) is 6.29. The molecule has 2 aromatic heterocycles. The van der Waals surface area contributed by atoms with Crippen molar-refractivity contribution in [3.05, 3.63) is 16.7 Å². The lowest BCUT2D eigenvalue weighted by atomic mass is 10.0. The number of esters is 1. The Labute approximate surface area is 143 Å². The number of carbonyl (C=O) groups excluding carboxylic acids is 1. The first kappa shape index (κ1) is 19.9. The molecule has 0 unspecified atom stereocenters. The van der Waals surface area contributed by atoms with Crippen LogP contribution in [0.25, 0.3) is 11.2 Å². The van der Waals surface area contributed by atoms with Gasteiger partial charge in [-0.15, -0.1) is 12.4 Å². The number of carbonyl (C=O) groups is 1. The summed E-state index contributed by atoms with van der Waals surface area (Å²) in [7, 11) is 0. The minimum absolute atomic E-state index is 0. The number of H-pyrrole nitrogens is 1. The van der Waals surface area contributed by atoms with Gasteiger partial charge in [0.05, 0.1) is 12.9 Å². The molecule has 0 aromatic carbocycles. The number of nitrogen functional groups attached to an aromatic ring is 1. The van der Waals surface area contributed by atoms with Gasteiger partial charge in [0.15, 0.2) is 11.2 Å². The summed E-state index contributed by atoms with van der Waals surface area (Å²) in [6, 6.07) is 0. The van der Waals surface area contributed by atoms with Crippen molar-refractivity contribution in [3.8, 4) is 0 Å². The van der Waals surface area contributed by atoms with E-state index in [1.807, 2.05) is 0 Å². The molecule has 2 rings (SSSR count). The normalized spacial score (nSPS) is 13.5. The third-order valence-corrected chi connectivity index (χ3v) is 3.39. The van der Waals surface area contributed by atoms with E-state index in [4.69, 9.17) is 20.9 Å². The number of aromatic amines is 1. The highest BCUT2D eigenvalue weighted by molar-refractivity contribution is 5.85. The molecule has 134 valence electrons. The number of hydrogen-bond donors (Lipinski definition) is 3. The first-order valence-corrected chi connectivity index (χ1v) is 7.10. The first-order chi connectivity index (χ1) is 10.8. The number of ether oxygens (including phenoxy) is 2. The highest BCUT2D eigenvalue weighted by atomic mass is 35.5. The second-order valence-electron chi connectivity index (χ2n) is 5.28. The fraction of sp³-hybridized carbons (Fsp3) is 0.538. The lowest BCUT2D eigenvalue weighted by Crippen LogP contribution is -2.55. The maximum Gasteiger partial charge on any atom is 0.353 e. The van der Waals surface area contributed by atoms with Crippen molar-refractivity contribution in [2.75, 3.05) is 12.3 Å². The van der Waals surface area contributed by atoms with Crippen molar-refractivity contribution in [1.29, 1.82) is 0 Å². The number of nitrogens with two attached hydrogens (primary N) is 2. The maximum atomic E-state index is 12.1. The molecule has 10 nitrogen and oxygen atoms in total. The number of nitrogens with zero attached hydrogens (tertiary/aromatic N) is 3. The Morgan fingerprint density at radius 2 is 2.17 bits per heavy atom. The van der Waals surface area contributed by atoms with Gasteiger partial charge in [-0.1, -0.05) is 13.8 Å². The van der Waals surface area contributed by atoms with E-state index < -0.39 is 17.3 Å². The number of hydrogen-bond acceptors (Lipinski definition) is 8. The highest BCUT2D eigenvalue weighted by Gasteiger charge is 2.40. The molecule has 0 amide bonds. The molecule has 2 heterocycles. The fourth-order valence-electron chi connectivity index (χ4n) is 1.95. The summed E-state index contributed by atoms with van der Waals surface area (Å²) in [5.41, 5.74) is 9.84. The molecule has 0 saturated heterocycles. The predicted octanol–water partition coefficient (Wildman–Crippen LogP) is -0.0282. The quantitative estimate of drug-likeness (QED) is 0.479. The van der Waals surface area contributed by atoms with Gasteiger partial charge in [0.2, 0.25) is 11.7 Å². The second-order valence-corrected chi connectivity index (χ2v) is 5.28. The van der Waals surface area contributed by atoms with Crippen LogP contribution in [-0.4, -0.2) is 37.8 Å². The van der Waals surface area contributed by atoms with Crippen LogP contribution in [0.15, 0.2) is 11.1 Å². The summed E-state index contributed by atoms with van der Waals surface area (Å²) in [5.74, 6) is -1.04. The Bertz CT molecular complexity index is 773. The Morgan fingerprint density at radius 1 is 1.50 bits per heavy atom. The molecule has 0 spiro atoms. The van der Waals surface area contributed by atoms with Crippen LogP contribution in [0, 0.1) is 5.92 Å². The first-order valence-electron chi connectivity index (χ1n) is 7.10. The van der Waals surface area contributed by atoms with Gasteiger partial charge in [-0.3, -0.25) is 20.1 Å². The van der Waals surface area contributed by atoms with Gasteiger partial charge in [-0.2, -0.15) is 4.98 Å². The molecular weight excluding hydrogens is 340 g/mol. The Hall–Kier alpha value is -2.17. The van der Waals surface area contributed by atoms with E-state index in [2.05, 4.69) is 15.0 Å². The van der Waals surface area contributed by atoms with Crippen LogP contribution in [0.3, 0.4) is 0 Å². The van der Waals surface area contributed by atoms with Gasteiger partial charge in [0.25, 0.3) is 5.56 Å². The van der Waals surface area contributed by atoms with E-state index in [-0.39, 0.29) is 48.8 Å². The lowest BCUT2D eigenvalue weighted by molar-refractivity contribution is -0.184. The van der Waals surface area contributed by atoms with E-state index >= 15 is 0 Å². The van der Waals surface area contributed by atoms with E-state index in [1.165, 1.54) is 10.9 Å². The molecular formula is C13H21ClN6O4. The molecule has 1 atom stereocenters. The van der Waals surface area contributed by atoms with Gasteiger partial charge in [0.1, 0.15) is 6.73 Å². The van der Waals surface area contributed by atoms with Crippen LogP contribution >= 0.6 is 12.4 Å². The van der Waals surface area contributed by atoms with Crippen molar-refractivity contribution >= 4 is 35.5 Å². The number of aromatic nitrogens is 4. The molecule has 24 heavy (non-hydrogen) atoms. The molecule has 0 bridgehead atoms. The number of fused-ring (bicyclic) bond motifs is 1. The molecule has 0 saturated carbocycles. The molecule has 2 aromatic rings. The van der Waals surface area contributed by atoms with Crippen LogP contribution in [0.4, 0.5) is 5.95 Å². The van der Waals surface area contributed by atoms with Gasteiger partial charge < -0.3 is 15.2 Å². The zero-order valence-corrected chi connectivity index (χ0v) is 14.4. The minimum Gasteiger partial charge on any atom is -0.463 e. The topological polar surface area (TPSA) is 151 Å². The summed E-state index contributed by atoms with van der Waals surface area (Å²) in [6.07, 6.45) is 1.36. The van der Waals surface area contributed by atoms with Crippen molar-refractivity contribution in [2.45, 2.75) is 33.2 Å². The highest BCUT2D eigenvalue weighted by Crippen LogP contribution is 2.19. The van der Waals surface area contributed by atoms with Crippen molar-refractivity contribution in [1.82, 2.24) is 19.5 Å². The van der Waals surface area contributed by atoms with E-state index in [0.717, 1.165) is 0 Å². The zero-order valence-electron chi connectivity index (χ0n) is 13.6. The monoisotopic (exact) mass is 360 g/mol. The van der Waals surface area contributed by atoms with Crippen LogP contribution < -0.4 is 17.0 Å². The average molecular weight is 361 g/mol. The van der Waals surface area contributed by atoms with Gasteiger partial charge in [-0.05, 0) is 6.92 Å². The maximum absolute atomic E-state index is 12.1. The Morgan fingerprint density at radius 3 is 2.75 bits per heavy atom. The summed E-state index contributed by atoms with van der Waals surface area (Å²) in [5, 5.41) is 0. The van der Waals surface area contributed by atoms with E-state index in [1.54, 1.807) is 20.8 Å². The summed E-state index contributed by atoms with van der Waals surface area (Å²) >= 11 is 0. The standard InChI is InChI=1S/C13H20N6O4.ClH/c1-4-22-11(21)13(15,7(2)3)23-6-19-5-16-8-9(19)17-12(14)18-10(8)20;/h5,7H,4,6,15H2,1-3H3,(H3,14,17,18,20);1H/t13-;/m0./s1. The van der Waals surface area contributed by atoms with E-state index in [0.29, 0.717) is 0 Å². The smallest absolute Gasteiger partial charge is 0.353 e. The van der Waals surface area contributed by atoms with Crippen LogP contribution in [0.5, 0.6) is 0 Å². The zero-order chi connectivity index (χ0) is 17.2. The number of halogens is 1. The number of nitrogens with one attached hydrogen (secondary N) is 1. The average Bonchev–Trinajstić information content (AvgIpc) is 2.88. The summed E-state index contributed by atoms with van der Waals surface area (Å²) in [6.45, 7) is 5.21. The third kappa shape index (κ3) is 3.66. The number of rotatable bonds is 6. The van der Waals surface area contributed by atoms with Crippen molar-refractivity contribution in [2.24, 2.45) is 11.7 Å². The molecule has 5 N–H and O–H groups in total. The molecule has 0 fully saturated rings. The summed E-state index contributed by atoms with van der Waals surface area (Å²) in [4.78, 5) is 34.1. The van der Waals surface area contributed by atoms with Crippen LogP contribution in [0.2, 0.25) is 0 Å². The fourth-order valence-corrected chi connectivity index (χ4v) is 1.95. The Balaban J connectivity index is 0.00000288. The largest absolute Gasteiger partial charge is 0.463 e.